The van der Waals surface area contributed by atoms with Gasteiger partial charge >= 0.3 is 0 Å². The predicted molar refractivity (Wildman–Crippen MR) is 89.2 cm³/mol. The van der Waals surface area contributed by atoms with Crippen molar-refractivity contribution < 1.29 is 19.1 Å². The van der Waals surface area contributed by atoms with Crippen molar-refractivity contribution in [2.45, 2.75) is 39.2 Å². The van der Waals surface area contributed by atoms with Crippen LogP contribution >= 0.6 is 0 Å². The average Bonchev–Trinajstić information content (AvgIpc) is 2.75. The average molecular weight is 339 g/mol. The summed E-state index contributed by atoms with van der Waals surface area (Å²) in [6, 6.07) is 0. The van der Waals surface area contributed by atoms with Crippen LogP contribution in [0.15, 0.2) is 0 Å². The maximum absolute atomic E-state index is 12.8. The molecule has 136 valence electrons. The highest BCUT2D eigenvalue weighted by molar-refractivity contribution is 5.89. The minimum absolute atomic E-state index is 0.0381. The third kappa shape index (κ3) is 4.26. The molecule has 1 unspecified atom stereocenters. The van der Waals surface area contributed by atoms with Crippen molar-refractivity contribution in [3.05, 3.63) is 0 Å². The van der Waals surface area contributed by atoms with Crippen LogP contribution in [0, 0.1) is 5.92 Å². The van der Waals surface area contributed by atoms with E-state index in [1.54, 1.807) is 9.80 Å². The zero-order chi connectivity index (χ0) is 17.9. The van der Waals surface area contributed by atoms with Gasteiger partial charge in [0.1, 0.15) is 6.61 Å². The van der Waals surface area contributed by atoms with Gasteiger partial charge in [0, 0.05) is 51.8 Å². The second-order valence-corrected chi connectivity index (χ2v) is 7.57. The molecule has 0 aromatic heterocycles. The molecule has 24 heavy (non-hydrogen) atoms. The van der Waals surface area contributed by atoms with Crippen molar-refractivity contribution in [3.8, 4) is 0 Å². The van der Waals surface area contributed by atoms with E-state index < -0.39 is 0 Å². The second kappa shape index (κ2) is 7.51. The van der Waals surface area contributed by atoms with E-state index in [2.05, 4.69) is 0 Å². The minimum Gasteiger partial charge on any atom is -0.375 e. The van der Waals surface area contributed by atoms with Crippen molar-refractivity contribution in [3.63, 3.8) is 0 Å². The van der Waals surface area contributed by atoms with Gasteiger partial charge in [-0.15, -0.1) is 0 Å². The van der Waals surface area contributed by atoms with E-state index in [4.69, 9.17) is 4.74 Å². The normalized spacial score (nSPS) is 22.8. The zero-order valence-corrected chi connectivity index (χ0v) is 15.2. The van der Waals surface area contributed by atoms with Crippen LogP contribution < -0.4 is 0 Å². The monoisotopic (exact) mass is 339 g/mol. The highest BCUT2D eigenvalue weighted by Gasteiger charge is 2.41. The van der Waals surface area contributed by atoms with Gasteiger partial charge in [0.05, 0.1) is 5.92 Å². The highest BCUT2D eigenvalue weighted by atomic mass is 16.5. The van der Waals surface area contributed by atoms with Crippen molar-refractivity contribution in [1.29, 1.82) is 0 Å². The van der Waals surface area contributed by atoms with Gasteiger partial charge in [0.2, 0.25) is 17.7 Å². The summed E-state index contributed by atoms with van der Waals surface area (Å²) in [6.07, 6.45) is 1.05. The van der Waals surface area contributed by atoms with E-state index in [9.17, 15) is 14.4 Å². The summed E-state index contributed by atoms with van der Waals surface area (Å²) in [5.74, 6) is -0.219. The summed E-state index contributed by atoms with van der Waals surface area (Å²) in [6.45, 7) is 8.86. The standard InChI is InChI=1S/C17H29N3O4/c1-17(2,3)20-11-13(10-14(20)21)16(23)19-7-5-6-18(8-9-19)15(22)12-24-4/h13H,5-12H2,1-4H3. The van der Waals surface area contributed by atoms with Crippen molar-refractivity contribution in [2.24, 2.45) is 5.92 Å². The van der Waals surface area contributed by atoms with Crippen LogP contribution in [-0.2, 0) is 19.1 Å². The fraction of sp³-hybridized carbons (Fsp3) is 0.824. The molecule has 0 spiro atoms. The van der Waals surface area contributed by atoms with Crippen molar-refractivity contribution in [2.75, 3.05) is 46.4 Å². The lowest BCUT2D eigenvalue weighted by atomic mass is 10.1. The number of likely N-dealkylation sites (tertiary alicyclic amines) is 1. The lowest BCUT2D eigenvalue weighted by Gasteiger charge is -2.32. The molecule has 1 atom stereocenters. The Bertz CT molecular complexity index is 501. The van der Waals surface area contributed by atoms with E-state index in [-0.39, 0.29) is 35.8 Å². The zero-order valence-electron chi connectivity index (χ0n) is 15.2. The van der Waals surface area contributed by atoms with Gasteiger partial charge in [-0.05, 0) is 27.2 Å². The molecule has 0 aromatic carbocycles. The smallest absolute Gasteiger partial charge is 0.248 e. The van der Waals surface area contributed by atoms with Crippen LogP contribution in [0.5, 0.6) is 0 Å². The minimum atomic E-state index is -0.266. The molecule has 7 heteroatoms. The van der Waals surface area contributed by atoms with Gasteiger partial charge in [-0.3, -0.25) is 14.4 Å². The Morgan fingerprint density at radius 2 is 1.75 bits per heavy atom. The van der Waals surface area contributed by atoms with Gasteiger partial charge in [-0.25, -0.2) is 0 Å². The van der Waals surface area contributed by atoms with E-state index in [1.807, 2.05) is 25.7 Å². The molecule has 0 aromatic rings. The Labute approximate surface area is 143 Å². The van der Waals surface area contributed by atoms with Gasteiger partial charge in [0.25, 0.3) is 0 Å². The van der Waals surface area contributed by atoms with Crippen LogP contribution in [0.3, 0.4) is 0 Å². The molecule has 0 radical (unpaired) electrons. The number of carbonyl (C=O) groups excluding carboxylic acids is 3. The molecular formula is C17H29N3O4. The Kier molecular flexibility index (Phi) is 5.85. The Hall–Kier alpha value is -1.63. The predicted octanol–water partition coefficient (Wildman–Crippen LogP) is 0.341. The molecule has 7 nitrogen and oxygen atoms in total. The third-order valence-electron chi connectivity index (χ3n) is 4.71. The van der Waals surface area contributed by atoms with E-state index >= 15 is 0 Å². The summed E-state index contributed by atoms with van der Waals surface area (Å²) in [5.41, 5.74) is -0.256. The van der Waals surface area contributed by atoms with Gasteiger partial charge < -0.3 is 19.4 Å². The van der Waals surface area contributed by atoms with Gasteiger partial charge in [0.15, 0.2) is 0 Å². The lowest BCUT2D eigenvalue weighted by molar-refractivity contribution is -0.137. The fourth-order valence-corrected chi connectivity index (χ4v) is 3.38. The number of carbonyl (C=O) groups is 3. The van der Waals surface area contributed by atoms with E-state index in [0.717, 1.165) is 6.42 Å². The molecule has 0 saturated carbocycles. The fourth-order valence-electron chi connectivity index (χ4n) is 3.38. The first kappa shape index (κ1) is 18.7. The number of amides is 3. The lowest BCUT2D eigenvalue weighted by Crippen LogP contribution is -2.44. The largest absolute Gasteiger partial charge is 0.375 e. The molecule has 2 saturated heterocycles. The Morgan fingerprint density at radius 1 is 1.12 bits per heavy atom. The van der Waals surface area contributed by atoms with Gasteiger partial charge in [-0.2, -0.15) is 0 Å². The van der Waals surface area contributed by atoms with Crippen molar-refractivity contribution >= 4 is 17.7 Å². The molecule has 0 aliphatic carbocycles. The Balaban J connectivity index is 1.94. The highest BCUT2D eigenvalue weighted by Crippen LogP contribution is 2.27. The first-order valence-corrected chi connectivity index (χ1v) is 8.60. The molecule has 0 bridgehead atoms. The molecule has 2 aliphatic heterocycles. The maximum atomic E-state index is 12.8. The van der Waals surface area contributed by atoms with Crippen LogP contribution in [0.25, 0.3) is 0 Å². The number of nitrogens with zero attached hydrogens (tertiary/aromatic N) is 3. The maximum Gasteiger partial charge on any atom is 0.248 e. The third-order valence-corrected chi connectivity index (χ3v) is 4.71. The van der Waals surface area contributed by atoms with E-state index in [1.165, 1.54) is 7.11 Å². The first-order valence-electron chi connectivity index (χ1n) is 8.60. The number of hydrogen-bond donors (Lipinski definition) is 0. The number of methoxy groups -OCH3 is 1. The summed E-state index contributed by atoms with van der Waals surface area (Å²) >= 11 is 0. The molecule has 2 fully saturated rings. The van der Waals surface area contributed by atoms with Crippen LogP contribution in [0.4, 0.5) is 0 Å². The molecule has 2 heterocycles. The number of rotatable bonds is 3. The quantitative estimate of drug-likeness (QED) is 0.743. The second-order valence-electron chi connectivity index (χ2n) is 7.57. The Morgan fingerprint density at radius 3 is 2.33 bits per heavy atom. The van der Waals surface area contributed by atoms with Crippen LogP contribution in [0.2, 0.25) is 0 Å². The SMILES string of the molecule is COCC(=O)N1CCCN(C(=O)C2CC(=O)N(C(C)(C)C)C2)CC1. The summed E-state index contributed by atoms with van der Waals surface area (Å²) in [4.78, 5) is 42.3. The molecule has 0 N–H and O–H groups in total. The summed E-state index contributed by atoms with van der Waals surface area (Å²) in [7, 11) is 1.50. The topological polar surface area (TPSA) is 70.2 Å². The van der Waals surface area contributed by atoms with Gasteiger partial charge in [-0.1, -0.05) is 0 Å². The summed E-state index contributed by atoms with van der Waals surface area (Å²) < 4.78 is 4.89. The molecule has 2 rings (SSSR count). The van der Waals surface area contributed by atoms with E-state index in [0.29, 0.717) is 39.1 Å². The molecule has 3 amide bonds. The summed E-state index contributed by atoms with van der Waals surface area (Å²) in [5, 5.41) is 0. The van der Waals surface area contributed by atoms with Crippen LogP contribution in [0.1, 0.15) is 33.6 Å². The number of ether oxygens (including phenoxy) is 1. The molecule has 2 aliphatic rings. The van der Waals surface area contributed by atoms with Crippen molar-refractivity contribution in [1.82, 2.24) is 14.7 Å². The first-order chi connectivity index (χ1) is 11.2. The van der Waals surface area contributed by atoms with Crippen LogP contribution in [-0.4, -0.2) is 84.4 Å². The number of hydrogen-bond acceptors (Lipinski definition) is 4. The molecular weight excluding hydrogens is 310 g/mol.